The third-order valence-electron chi connectivity index (χ3n) is 3.89. The first-order valence-electron chi connectivity index (χ1n) is 7.36. The van der Waals surface area contributed by atoms with Crippen LogP contribution in [0.15, 0.2) is 23.5 Å². The Balaban J connectivity index is 2.89. The van der Waals surface area contributed by atoms with Crippen LogP contribution in [0.3, 0.4) is 0 Å². The first kappa shape index (κ1) is 17.4. The minimum atomic E-state index is -0.957. The molecule has 3 atom stereocenters. The summed E-state index contributed by atoms with van der Waals surface area (Å²) in [4.78, 5) is 25.6. The van der Waals surface area contributed by atoms with Gasteiger partial charge in [-0.15, -0.1) is 0 Å². The lowest BCUT2D eigenvalue weighted by Gasteiger charge is -2.19. The van der Waals surface area contributed by atoms with Gasteiger partial charge >= 0.3 is 0 Å². The van der Waals surface area contributed by atoms with Crippen molar-refractivity contribution in [3.8, 4) is 0 Å². The van der Waals surface area contributed by atoms with Crippen LogP contribution in [-0.2, 0) is 9.59 Å². The highest BCUT2D eigenvalue weighted by Gasteiger charge is 2.45. The van der Waals surface area contributed by atoms with Gasteiger partial charge in [0.25, 0.3) is 5.91 Å². The lowest BCUT2D eigenvalue weighted by atomic mass is 9.95. The van der Waals surface area contributed by atoms with Crippen molar-refractivity contribution < 1.29 is 19.8 Å². The number of hydrogen-bond acceptors (Lipinski definition) is 4. The number of ketones is 1. The number of hydrogen-bond donors (Lipinski definition) is 2. The van der Waals surface area contributed by atoms with Gasteiger partial charge in [-0.3, -0.25) is 9.59 Å². The molecular formula is C16H25NO4. The molecule has 0 bridgehead atoms. The highest BCUT2D eigenvalue weighted by atomic mass is 16.3. The number of allylic oxidation sites excluding steroid dienone is 3. The Morgan fingerprint density at radius 1 is 1.38 bits per heavy atom. The average Bonchev–Trinajstić information content (AvgIpc) is 2.64. The van der Waals surface area contributed by atoms with Gasteiger partial charge in [0.2, 0.25) is 0 Å². The summed E-state index contributed by atoms with van der Waals surface area (Å²) in [5.74, 6) is -1.40. The molecule has 1 rings (SSSR count). The van der Waals surface area contributed by atoms with Crippen molar-refractivity contribution in [1.29, 1.82) is 0 Å². The number of likely N-dealkylation sites (tertiary alicyclic amines) is 1. The second kappa shape index (κ2) is 7.41. The molecule has 1 saturated heterocycles. The Labute approximate surface area is 125 Å². The number of rotatable bonds is 6. The summed E-state index contributed by atoms with van der Waals surface area (Å²) in [5.41, 5.74) is -0.165. The number of carbonyl (C=O) groups excluding carboxylic acids is 2. The molecule has 21 heavy (non-hydrogen) atoms. The SMILES string of the molecule is C/C=C/CCCC(C)/C(O)=C1\C(=O)[C@@H]([C@@H](C)O)N(C)C1=O. The van der Waals surface area contributed by atoms with E-state index in [0.29, 0.717) is 6.42 Å². The van der Waals surface area contributed by atoms with Crippen LogP contribution >= 0.6 is 0 Å². The number of unbranched alkanes of at least 4 members (excludes halogenated alkanes) is 1. The van der Waals surface area contributed by atoms with Gasteiger partial charge in [0.1, 0.15) is 17.4 Å². The average molecular weight is 295 g/mol. The standard InChI is InChI=1S/C16H25NO4/c1-5-6-7-8-9-10(2)14(19)12-15(20)13(11(3)18)17(4)16(12)21/h5-6,10-11,13,18-19H,7-9H2,1-4H3/b6-5+,14-12-/t10?,11-,13-/m1/s1. The summed E-state index contributed by atoms with van der Waals surface area (Å²) in [6.07, 6.45) is 5.53. The number of likely N-dealkylation sites (N-methyl/N-ethyl adjacent to an activating group) is 1. The van der Waals surface area contributed by atoms with Gasteiger partial charge in [-0.25, -0.2) is 0 Å². The highest BCUT2D eigenvalue weighted by molar-refractivity contribution is 6.26. The van der Waals surface area contributed by atoms with E-state index >= 15 is 0 Å². The first-order valence-corrected chi connectivity index (χ1v) is 7.36. The topological polar surface area (TPSA) is 77.8 Å². The van der Waals surface area contributed by atoms with E-state index in [4.69, 9.17) is 0 Å². The Morgan fingerprint density at radius 3 is 2.48 bits per heavy atom. The van der Waals surface area contributed by atoms with Crippen LogP contribution in [0.25, 0.3) is 0 Å². The molecule has 0 saturated carbocycles. The largest absolute Gasteiger partial charge is 0.511 e. The van der Waals surface area contributed by atoms with Gasteiger partial charge in [-0.2, -0.15) is 0 Å². The molecule has 5 nitrogen and oxygen atoms in total. The molecule has 0 aliphatic carbocycles. The zero-order valence-electron chi connectivity index (χ0n) is 13.2. The Kier molecular flexibility index (Phi) is 6.15. The Bertz CT molecular complexity index is 465. The number of nitrogens with zero attached hydrogens (tertiary/aromatic N) is 1. The van der Waals surface area contributed by atoms with E-state index in [9.17, 15) is 19.8 Å². The van der Waals surface area contributed by atoms with Gasteiger partial charge < -0.3 is 15.1 Å². The number of aliphatic hydroxyl groups is 2. The maximum Gasteiger partial charge on any atom is 0.261 e. The molecule has 1 unspecified atom stereocenters. The van der Waals surface area contributed by atoms with Crippen molar-refractivity contribution in [3.63, 3.8) is 0 Å². The van der Waals surface area contributed by atoms with Crippen molar-refractivity contribution in [1.82, 2.24) is 4.90 Å². The van der Waals surface area contributed by atoms with Crippen LogP contribution in [0.2, 0.25) is 0 Å². The lowest BCUT2D eigenvalue weighted by molar-refractivity contribution is -0.128. The van der Waals surface area contributed by atoms with Crippen molar-refractivity contribution in [3.05, 3.63) is 23.5 Å². The summed E-state index contributed by atoms with van der Waals surface area (Å²) in [7, 11) is 1.47. The van der Waals surface area contributed by atoms with Crippen molar-refractivity contribution in [2.75, 3.05) is 7.05 Å². The molecule has 1 aliphatic heterocycles. The lowest BCUT2D eigenvalue weighted by Crippen LogP contribution is -2.40. The maximum absolute atomic E-state index is 12.2. The fraction of sp³-hybridized carbons (Fsp3) is 0.625. The predicted octanol–water partition coefficient (Wildman–Crippen LogP) is 1.97. The number of aliphatic hydroxyl groups excluding tert-OH is 2. The molecular weight excluding hydrogens is 270 g/mol. The van der Waals surface area contributed by atoms with Gasteiger partial charge in [-0.05, 0) is 33.1 Å². The van der Waals surface area contributed by atoms with Gasteiger partial charge in [0.15, 0.2) is 5.78 Å². The molecule has 1 heterocycles. The zero-order valence-corrected chi connectivity index (χ0v) is 13.2. The third-order valence-corrected chi connectivity index (χ3v) is 3.89. The monoisotopic (exact) mass is 295 g/mol. The minimum Gasteiger partial charge on any atom is -0.511 e. The van der Waals surface area contributed by atoms with Gasteiger partial charge in [0.05, 0.1) is 6.10 Å². The molecule has 0 spiro atoms. The van der Waals surface area contributed by atoms with Crippen molar-refractivity contribution in [2.45, 2.75) is 52.2 Å². The molecule has 5 heteroatoms. The summed E-state index contributed by atoms with van der Waals surface area (Å²) in [6, 6.07) is -0.898. The van der Waals surface area contributed by atoms with E-state index in [1.807, 2.05) is 19.1 Å². The minimum absolute atomic E-state index is 0.152. The van der Waals surface area contributed by atoms with E-state index in [1.54, 1.807) is 6.92 Å². The summed E-state index contributed by atoms with van der Waals surface area (Å²) in [5, 5.41) is 19.9. The molecule has 0 aromatic heterocycles. The van der Waals surface area contributed by atoms with E-state index in [-0.39, 0.29) is 17.3 Å². The van der Waals surface area contributed by atoms with Crippen LogP contribution in [-0.4, -0.2) is 46.0 Å². The molecule has 1 amide bonds. The number of amides is 1. The second-order valence-electron chi connectivity index (χ2n) is 5.63. The van der Waals surface area contributed by atoms with E-state index in [0.717, 1.165) is 12.8 Å². The first-order chi connectivity index (χ1) is 9.82. The molecule has 118 valence electrons. The van der Waals surface area contributed by atoms with E-state index in [1.165, 1.54) is 18.9 Å². The van der Waals surface area contributed by atoms with Crippen LogP contribution in [0.1, 0.15) is 40.0 Å². The van der Waals surface area contributed by atoms with E-state index in [2.05, 4.69) is 0 Å². The van der Waals surface area contributed by atoms with Crippen molar-refractivity contribution in [2.24, 2.45) is 5.92 Å². The smallest absolute Gasteiger partial charge is 0.261 e. The van der Waals surface area contributed by atoms with Crippen LogP contribution < -0.4 is 0 Å². The normalized spacial score (nSPS) is 24.8. The van der Waals surface area contributed by atoms with Crippen LogP contribution in [0.4, 0.5) is 0 Å². The molecule has 0 aromatic carbocycles. The van der Waals surface area contributed by atoms with Crippen LogP contribution in [0, 0.1) is 5.92 Å². The van der Waals surface area contributed by atoms with E-state index < -0.39 is 23.8 Å². The fourth-order valence-electron chi connectivity index (χ4n) is 2.60. The Hall–Kier alpha value is -1.62. The zero-order chi connectivity index (χ0) is 16.2. The predicted molar refractivity (Wildman–Crippen MR) is 80.7 cm³/mol. The maximum atomic E-state index is 12.2. The quantitative estimate of drug-likeness (QED) is 0.258. The number of Topliss-reactive ketones (excluding diaryl/α,β-unsaturated/α-hetero) is 1. The van der Waals surface area contributed by atoms with Gasteiger partial charge in [0, 0.05) is 13.0 Å². The molecule has 1 aliphatic rings. The Morgan fingerprint density at radius 2 is 2.00 bits per heavy atom. The summed E-state index contributed by atoms with van der Waals surface area (Å²) >= 11 is 0. The fourth-order valence-corrected chi connectivity index (χ4v) is 2.60. The summed E-state index contributed by atoms with van der Waals surface area (Å²) in [6.45, 7) is 5.21. The molecule has 0 radical (unpaired) electrons. The van der Waals surface area contributed by atoms with Crippen molar-refractivity contribution >= 4 is 11.7 Å². The highest BCUT2D eigenvalue weighted by Crippen LogP contribution is 2.28. The summed E-state index contributed by atoms with van der Waals surface area (Å²) < 4.78 is 0. The molecule has 2 N–H and O–H groups in total. The third kappa shape index (κ3) is 3.73. The molecule has 1 fully saturated rings. The van der Waals surface area contributed by atoms with Crippen LogP contribution in [0.5, 0.6) is 0 Å². The van der Waals surface area contributed by atoms with Gasteiger partial charge in [-0.1, -0.05) is 19.1 Å². The second-order valence-corrected chi connectivity index (χ2v) is 5.63. The number of carbonyl (C=O) groups is 2. The molecule has 0 aromatic rings.